The van der Waals surface area contributed by atoms with Crippen molar-refractivity contribution >= 4 is 34.2 Å². The van der Waals surface area contributed by atoms with E-state index in [2.05, 4.69) is 5.32 Å². The highest BCUT2D eigenvalue weighted by atomic mass is 35.5. The molecule has 1 fully saturated rings. The van der Waals surface area contributed by atoms with Gasteiger partial charge in [-0.2, -0.15) is 5.26 Å². The predicted octanol–water partition coefficient (Wildman–Crippen LogP) is 3.63. The zero-order chi connectivity index (χ0) is 20.3. The first-order chi connectivity index (χ1) is 13.4. The van der Waals surface area contributed by atoms with Crippen molar-refractivity contribution in [2.24, 2.45) is 5.41 Å². The van der Waals surface area contributed by atoms with Gasteiger partial charge < -0.3 is 10.1 Å². The zero-order valence-electron chi connectivity index (χ0n) is 15.0. The van der Waals surface area contributed by atoms with Gasteiger partial charge in [0.2, 0.25) is 0 Å². The summed E-state index contributed by atoms with van der Waals surface area (Å²) in [6, 6.07) is 10.8. The molecular weight excluding hydrogens is 424 g/mol. The summed E-state index contributed by atoms with van der Waals surface area (Å²) < 4.78 is 34.1. The number of nitrogens with one attached hydrogen (secondary N) is 1. The summed E-state index contributed by atoms with van der Waals surface area (Å²) in [4.78, 5) is 0.513. The number of hydrogen-bond acceptors (Lipinski definition) is 4. The molecule has 9 heteroatoms. The van der Waals surface area contributed by atoms with Crippen LogP contribution in [0.3, 0.4) is 0 Å². The van der Waals surface area contributed by atoms with Crippen LogP contribution >= 0.6 is 23.2 Å². The van der Waals surface area contributed by atoms with Crippen LogP contribution in [0, 0.1) is 22.6 Å². The number of hydrogen-bond donors (Lipinski definition) is 1. The molecule has 28 heavy (non-hydrogen) atoms. The summed E-state index contributed by atoms with van der Waals surface area (Å²) in [7, 11) is 0.428. The van der Waals surface area contributed by atoms with Gasteiger partial charge in [0.15, 0.2) is 0 Å². The Hall–Kier alpha value is -1.69. The molecule has 2 aromatic carbocycles. The van der Waals surface area contributed by atoms with Gasteiger partial charge in [-0.25, -0.2) is 12.9 Å². The van der Waals surface area contributed by atoms with E-state index in [1.54, 1.807) is 34.6 Å². The van der Waals surface area contributed by atoms with Gasteiger partial charge in [-0.15, -0.1) is 0 Å². The lowest BCUT2D eigenvalue weighted by Crippen LogP contribution is -2.63. The molecule has 0 bridgehead atoms. The van der Waals surface area contributed by atoms with Crippen LogP contribution in [0.25, 0.3) is 0 Å². The van der Waals surface area contributed by atoms with Crippen LogP contribution in [0.5, 0.6) is 5.75 Å². The zero-order valence-corrected chi connectivity index (χ0v) is 17.4. The molecule has 1 N–H and O–H groups in total. The van der Waals surface area contributed by atoms with E-state index in [9.17, 15) is 8.60 Å². The molecule has 0 aromatic heterocycles. The van der Waals surface area contributed by atoms with Crippen molar-refractivity contribution in [2.75, 3.05) is 33.3 Å². The fraction of sp³-hybridized carbons (Fsp3) is 0.316. The summed E-state index contributed by atoms with van der Waals surface area (Å²) in [5, 5.41) is 12.8. The van der Waals surface area contributed by atoms with Crippen LogP contribution in [0.1, 0.15) is 5.56 Å². The average Bonchev–Trinajstić information content (AvgIpc) is 2.63. The fourth-order valence-corrected chi connectivity index (χ4v) is 5.19. The van der Waals surface area contributed by atoms with Crippen LogP contribution in [0.4, 0.5) is 4.39 Å². The Morgan fingerprint density at radius 3 is 2.68 bits per heavy atom. The maximum absolute atomic E-state index is 13.8. The van der Waals surface area contributed by atoms with Crippen molar-refractivity contribution in [3.8, 4) is 11.8 Å². The maximum atomic E-state index is 13.8. The van der Waals surface area contributed by atoms with Crippen molar-refractivity contribution < 1.29 is 13.3 Å². The monoisotopic (exact) mass is 441 g/mol. The second kappa shape index (κ2) is 8.76. The molecule has 1 unspecified atom stereocenters. The molecule has 1 saturated heterocycles. The molecule has 0 saturated carbocycles. The van der Waals surface area contributed by atoms with Gasteiger partial charge in [-0.1, -0.05) is 23.2 Å². The van der Waals surface area contributed by atoms with Crippen LogP contribution in [-0.2, 0) is 11.0 Å². The Morgan fingerprint density at radius 1 is 1.32 bits per heavy atom. The minimum atomic E-state index is -1.40. The van der Waals surface area contributed by atoms with E-state index in [0.717, 1.165) is 0 Å². The first-order valence-electron chi connectivity index (χ1n) is 8.46. The quantitative estimate of drug-likeness (QED) is 0.712. The van der Waals surface area contributed by atoms with Gasteiger partial charge in [0.05, 0.1) is 22.1 Å². The fourth-order valence-electron chi connectivity index (χ4n) is 3.12. The highest BCUT2D eigenvalue weighted by molar-refractivity contribution is 7.82. The van der Waals surface area contributed by atoms with E-state index in [1.165, 1.54) is 12.1 Å². The van der Waals surface area contributed by atoms with Gasteiger partial charge in [0.1, 0.15) is 28.6 Å². The molecule has 2 aromatic rings. The van der Waals surface area contributed by atoms with E-state index in [-0.39, 0.29) is 11.0 Å². The Kier molecular flexibility index (Phi) is 6.58. The van der Waals surface area contributed by atoms with E-state index in [1.807, 2.05) is 7.05 Å². The smallest absolute Gasteiger partial charge is 0.144 e. The van der Waals surface area contributed by atoms with Crippen molar-refractivity contribution in [1.29, 1.82) is 5.26 Å². The average molecular weight is 442 g/mol. The number of benzene rings is 2. The molecule has 1 atom stereocenters. The molecular formula is C19H18Cl2FN3O2S. The number of ether oxygens (including phenoxy) is 1. The van der Waals surface area contributed by atoms with Crippen molar-refractivity contribution in [1.82, 2.24) is 9.62 Å². The molecule has 0 aliphatic carbocycles. The number of nitriles is 1. The van der Waals surface area contributed by atoms with Gasteiger partial charge >= 0.3 is 0 Å². The maximum Gasteiger partial charge on any atom is 0.144 e. The van der Waals surface area contributed by atoms with Gasteiger partial charge in [-0.3, -0.25) is 0 Å². The lowest BCUT2D eigenvalue weighted by Gasteiger charge is -2.48. The minimum Gasteiger partial charge on any atom is -0.493 e. The summed E-state index contributed by atoms with van der Waals surface area (Å²) in [5.41, 5.74) is -0.296. The Labute approximate surface area is 175 Å². The van der Waals surface area contributed by atoms with Crippen molar-refractivity contribution in [3.63, 3.8) is 0 Å². The molecule has 148 valence electrons. The van der Waals surface area contributed by atoms with Crippen molar-refractivity contribution in [3.05, 3.63) is 57.8 Å². The standard InChI is InChI=1S/C19H18Cl2FN3O2S/c1-24-9-19(12-27-15-4-2-13(8-23)17(22)7-15)10-25(11-19)28(26)18-5-3-14(20)6-16(18)21/h2-7,24H,9-12H2,1H3. The third kappa shape index (κ3) is 4.48. The van der Waals surface area contributed by atoms with Crippen LogP contribution in [-0.4, -0.2) is 41.8 Å². The Balaban J connectivity index is 1.66. The SMILES string of the molecule is CNCC1(COc2ccc(C#N)c(F)c2)CN(S(=O)c2ccc(Cl)cc2Cl)C1. The number of rotatable bonds is 7. The predicted molar refractivity (Wildman–Crippen MR) is 107 cm³/mol. The highest BCUT2D eigenvalue weighted by Gasteiger charge is 2.46. The summed E-state index contributed by atoms with van der Waals surface area (Å²) >= 11 is 12.1. The normalized spacial score (nSPS) is 16.8. The van der Waals surface area contributed by atoms with Crippen LogP contribution < -0.4 is 10.1 Å². The van der Waals surface area contributed by atoms with E-state index < -0.39 is 16.8 Å². The first-order valence-corrected chi connectivity index (χ1v) is 10.3. The number of halogens is 3. The second-order valence-corrected chi connectivity index (χ2v) is 8.99. The van der Waals surface area contributed by atoms with E-state index >= 15 is 0 Å². The molecule has 0 radical (unpaired) electrons. The molecule has 1 aliphatic rings. The largest absolute Gasteiger partial charge is 0.493 e. The molecule has 5 nitrogen and oxygen atoms in total. The Morgan fingerprint density at radius 2 is 2.07 bits per heavy atom. The Bertz CT molecular complexity index is 945. The molecule has 0 amide bonds. The van der Waals surface area contributed by atoms with Crippen LogP contribution in [0.15, 0.2) is 41.3 Å². The topological polar surface area (TPSA) is 65.4 Å². The van der Waals surface area contributed by atoms with Crippen molar-refractivity contribution in [2.45, 2.75) is 4.90 Å². The summed E-state index contributed by atoms with van der Waals surface area (Å²) in [6.45, 7) is 2.02. The molecule has 0 spiro atoms. The highest BCUT2D eigenvalue weighted by Crippen LogP contribution is 2.35. The van der Waals surface area contributed by atoms with Gasteiger partial charge in [0.25, 0.3) is 0 Å². The van der Waals surface area contributed by atoms with E-state index in [4.69, 9.17) is 33.2 Å². The minimum absolute atomic E-state index is 0.0256. The number of nitrogens with zero attached hydrogens (tertiary/aromatic N) is 2. The lowest BCUT2D eigenvalue weighted by atomic mass is 9.82. The van der Waals surface area contributed by atoms with E-state index in [0.29, 0.717) is 46.9 Å². The molecule has 3 rings (SSSR count). The molecule has 1 heterocycles. The third-order valence-corrected chi connectivity index (χ3v) is 6.62. The summed E-state index contributed by atoms with van der Waals surface area (Å²) in [6.07, 6.45) is 0. The molecule has 1 aliphatic heterocycles. The van der Waals surface area contributed by atoms with Gasteiger partial charge in [0, 0.05) is 36.1 Å². The third-order valence-electron chi connectivity index (χ3n) is 4.50. The second-order valence-electron chi connectivity index (χ2n) is 6.69. The van der Waals surface area contributed by atoms with Gasteiger partial charge in [-0.05, 0) is 37.4 Å². The first kappa shape index (κ1) is 21.0. The van der Waals surface area contributed by atoms with Crippen LogP contribution in [0.2, 0.25) is 10.0 Å². The summed E-state index contributed by atoms with van der Waals surface area (Å²) in [5.74, 6) is -0.260. The lowest BCUT2D eigenvalue weighted by molar-refractivity contribution is 0.0241.